The van der Waals surface area contributed by atoms with Crippen LogP contribution in [0.2, 0.25) is 0 Å². The molecular weight excluding hydrogens is 370 g/mol. The second-order valence-corrected chi connectivity index (χ2v) is 5.87. The predicted octanol–water partition coefficient (Wildman–Crippen LogP) is -0.578. The normalized spacial score (nSPS) is 15.3. The number of hydrogen-bond donors (Lipinski definition) is 2. The van der Waals surface area contributed by atoms with Gasteiger partial charge >= 0.3 is 0 Å². The molecule has 0 saturated carbocycles. The number of carbonyl (C=O) groups is 1. The topological polar surface area (TPSA) is 163 Å². The summed E-state index contributed by atoms with van der Waals surface area (Å²) in [4.78, 5) is 14.9. The molecule has 1 aliphatic rings. The third-order valence-electron chi connectivity index (χ3n) is 4.03. The number of anilines is 1. The van der Waals surface area contributed by atoms with Crippen molar-refractivity contribution in [2.24, 2.45) is 5.10 Å². The Hall–Kier alpha value is -3.58. The third kappa shape index (κ3) is 3.74. The van der Waals surface area contributed by atoms with Crippen LogP contribution in [0.5, 0.6) is 0 Å². The maximum atomic E-state index is 12.8. The smallest absolute Gasteiger partial charge is 0.292 e. The van der Waals surface area contributed by atoms with Crippen molar-refractivity contribution in [2.45, 2.75) is 6.54 Å². The standard InChI is InChI=1S/C15H17N9O4/c16-13-14(21-28-20-13)24-12(15(25)19-17-8-10-2-1-5-27-10)11(18-22-24)9-23-3-6-26-7-4-23/h1-2,5,8H,3-4,6-7,9H2,(H2,16,20)(H,19,25)/b17-8-. The number of nitrogens with two attached hydrogens (primary N) is 1. The van der Waals surface area contributed by atoms with Gasteiger partial charge in [-0.25, -0.2) is 10.1 Å². The number of furan rings is 1. The lowest BCUT2D eigenvalue weighted by Gasteiger charge is -2.25. The zero-order valence-corrected chi connectivity index (χ0v) is 14.7. The second kappa shape index (κ2) is 7.98. The number of aromatic nitrogens is 5. The molecule has 0 aliphatic carbocycles. The largest absolute Gasteiger partial charge is 0.463 e. The van der Waals surface area contributed by atoms with Crippen LogP contribution in [0.3, 0.4) is 0 Å². The highest BCUT2D eigenvalue weighted by atomic mass is 16.6. The van der Waals surface area contributed by atoms with Crippen molar-refractivity contribution in [1.29, 1.82) is 0 Å². The first-order valence-corrected chi connectivity index (χ1v) is 8.42. The molecule has 13 nitrogen and oxygen atoms in total. The van der Waals surface area contributed by atoms with Crippen LogP contribution in [0.15, 0.2) is 32.5 Å². The van der Waals surface area contributed by atoms with E-state index in [0.29, 0.717) is 31.2 Å². The molecule has 3 N–H and O–H groups in total. The molecule has 4 rings (SSSR count). The summed E-state index contributed by atoms with van der Waals surface area (Å²) in [7, 11) is 0. The summed E-state index contributed by atoms with van der Waals surface area (Å²) >= 11 is 0. The van der Waals surface area contributed by atoms with Gasteiger partial charge in [-0.1, -0.05) is 5.21 Å². The Morgan fingerprint density at radius 1 is 1.36 bits per heavy atom. The van der Waals surface area contributed by atoms with Crippen molar-refractivity contribution in [3.63, 3.8) is 0 Å². The van der Waals surface area contributed by atoms with E-state index in [0.717, 1.165) is 13.1 Å². The van der Waals surface area contributed by atoms with Crippen LogP contribution >= 0.6 is 0 Å². The molecule has 0 aromatic carbocycles. The van der Waals surface area contributed by atoms with E-state index in [2.05, 4.69) is 40.7 Å². The highest BCUT2D eigenvalue weighted by molar-refractivity contribution is 5.94. The Labute approximate surface area is 158 Å². The lowest BCUT2D eigenvalue weighted by Crippen LogP contribution is -2.36. The number of rotatable bonds is 6. The van der Waals surface area contributed by atoms with Crippen LogP contribution in [0.4, 0.5) is 5.82 Å². The first kappa shape index (κ1) is 17.8. The summed E-state index contributed by atoms with van der Waals surface area (Å²) in [5.74, 6) is 0.000681. The summed E-state index contributed by atoms with van der Waals surface area (Å²) in [5.41, 5.74) is 8.74. The van der Waals surface area contributed by atoms with Gasteiger partial charge in [0.1, 0.15) is 11.5 Å². The molecule has 4 heterocycles. The maximum Gasteiger partial charge on any atom is 0.292 e. The molecule has 3 aromatic rings. The van der Waals surface area contributed by atoms with Crippen molar-refractivity contribution >= 4 is 17.9 Å². The van der Waals surface area contributed by atoms with Crippen molar-refractivity contribution in [3.05, 3.63) is 35.5 Å². The summed E-state index contributed by atoms with van der Waals surface area (Å²) in [6.07, 6.45) is 2.88. The van der Waals surface area contributed by atoms with Gasteiger partial charge in [-0.15, -0.1) is 5.10 Å². The Kier molecular flexibility index (Phi) is 5.07. The predicted molar refractivity (Wildman–Crippen MR) is 93.5 cm³/mol. The summed E-state index contributed by atoms with van der Waals surface area (Å²) in [6.45, 7) is 3.07. The molecule has 146 valence electrons. The molecule has 28 heavy (non-hydrogen) atoms. The number of nitrogens with zero attached hydrogens (tertiary/aromatic N) is 7. The number of carbonyl (C=O) groups excluding carboxylic acids is 1. The molecule has 0 unspecified atom stereocenters. The van der Waals surface area contributed by atoms with Crippen molar-refractivity contribution < 1.29 is 18.6 Å². The van der Waals surface area contributed by atoms with Crippen LogP contribution in [0, 0.1) is 0 Å². The molecule has 1 aliphatic heterocycles. The molecule has 1 fully saturated rings. The van der Waals surface area contributed by atoms with Crippen LogP contribution < -0.4 is 11.2 Å². The Morgan fingerprint density at radius 2 is 2.21 bits per heavy atom. The van der Waals surface area contributed by atoms with E-state index in [1.807, 2.05) is 0 Å². The van der Waals surface area contributed by atoms with Gasteiger partial charge in [-0.2, -0.15) is 9.78 Å². The van der Waals surface area contributed by atoms with E-state index in [1.54, 1.807) is 12.1 Å². The van der Waals surface area contributed by atoms with E-state index < -0.39 is 5.91 Å². The zero-order chi connectivity index (χ0) is 19.3. The molecule has 1 amide bonds. The minimum Gasteiger partial charge on any atom is -0.463 e. The SMILES string of the molecule is Nc1nonc1-n1nnc(CN2CCOCC2)c1C(=O)N/N=C\c1ccco1. The van der Waals surface area contributed by atoms with E-state index in [1.165, 1.54) is 17.2 Å². The van der Waals surface area contributed by atoms with E-state index >= 15 is 0 Å². The van der Waals surface area contributed by atoms with Gasteiger partial charge in [-0.05, 0) is 22.4 Å². The second-order valence-electron chi connectivity index (χ2n) is 5.87. The van der Waals surface area contributed by atoms with E-state index in [-0.39, 0.29) is 17.3 Å². The van der Waals surface area contributed by atoms with Crippen LogP contribution in [-0.4, -0.2) is 68.6 Å². The maximum absolute atomic E-state index is 12.8. The fourth-order valence-corrected chi connectivity index (χ4v) is 2.68. The minimum absolute atomic E-state index is 0.0176. The molecule has 13 heteroatoms. The average Bonchev–Trinajstić information content (AvgIpc) is 3.44. The van der Waals surface area contributed by atoms with Crippen molar-refractivity contribution in [2.75, 3.05) is 32.0 Å². The fraction of sp³-hybridized carbons (Fsp3) is 0.333. The number of amides is 1. The van der Waals surface area contributed by atoms with Crippen LogP contribution in [0.25, 0.3) is 5.82 Å². The van der Waals surface area contributed by atoms with Crippen molar-refractivity contribution in [3.8, 4) is 5.82 Å². The van der Waals surface area contributed by atoms with E-state index in [4.69, 9.17) is 14.9 Å². The fourth-order valence-electron chi connectivity index (χ4n) is 2.68. The first-order chi connectivity index (χ1) is 13.7. The summed E-state index contributed by atoms with van der Waals surface area (Å²) in [5, 5.41) is 19.2. The number of hydrogen-bond acceptors (Lipinski definition) is 11. The van der Waals surface area contributed by atoms with Crippen LogP contribution in [-0.2, 0) is 11.3 Å². The Balaban J connectivity index is 1.60. The number of nitrogen functional groups attached to an aromatic ring is 1. The molecule has 3 aromatic heterocycles. The first-order valence-electron chi connectivity index (χ1n) is 8.42. The third-order valence-corrected chi connectivity index (χ3v) is 4.03. The lowest BCUT2D eigenvalue weighted by atomic mass is 10.2. The highest BCUT2D eigenvalue weighted by Gasteiger charge is 2.26. The number of ether oxygens (including phenoxy) is 1. The van der Waals surface area contributed by atoms with Gasteiger partial charge in [0.05, 0.1) is 25.7 Å². The van der Waals surface area contributed by atoms with Gasteiger partial charge in [0.25, 0.3) is 5.91 Å². The van der Waals surface area contributed by atoms with Gasteiger partial charge in [0.15, 0.2) is 5.69 Å². The lowest BCUT2D eigenvalue weighted by molar-refractivity contribution is 0.0335. The van der Waals surface area contributed by atoms with Gasteiger partial charge in [0.2, 0.25) is 11.6 Å². The monoisotopic (exact) mass is 387 g/mol. The molecule has 0 radical (unpaired) electrons. The highest BCUT2D eigenvalue weighted by Crippen LogP contribution is 2.17. The van der Waals surface area contributed by atoms with Gasteiger partial charge in [-0.3, -0.25) is 9.69 Å². The molecule has 1 saturated heterocycles. The van der Waals surface area contributed by atoms with Crippen molar-refractivity contribution in [1.82, 2.24) is 35.6 Å². The minimum atomic E-state index is -0.543. The molecule has 0 atom stereocenters. The quantitative estimate of drug-likeness (QED) is 0.413. The number of nitrogens with one attached hydrogen (secondary N) is 1. The van der Waals surface area contributed by atoms with Crippen LogP contribution in [0.1, 0.15) is 21.9 Å². The summed E-state index contributed by atoms with van der Waals surface area (Å²) in [6, 6.07) is 3.41. The zero-order valence-electron chi connectivity index (χ0n) is 14.7. The molecule has 0 spiro atoms. The Morgan fingerprint density at radius 3 is 2.93 bits per heavy atom. The van der Waals surface area contributed by atoms with Gasteiger partial charge in [0, 0.05) is 19.6 Å². The number of hydrazone groups is 1. The summed E-state index contributed by atoms with van der Waals surface area (Å²) < 4.78 is 16.3. The Bertz CT molecular complexity index is 956. The van der Waals surface area contributed by atoms with Gasteiger partial charge < -0.3 is 14.9 Å². The van der Waals surface area contributed by atoms with E-state index in [9.17, 15) is 4.79 Å². The number of morpholine rings is 1. The molecular formula is C15H17N9O4. The molecule has 0 bridgehead atoms. The average molecular weight is 387 g/mol.